The maximum atomic E-state index is 12.4. The summed E-state index contributed by atoms with van der Waals surface area (Å²) in [6.45, 7) is 6.63. The van der Waals surface area contributed by atoms with E-state index in [9.17, 15) is 9.90 Å². The summed E-state index contributed by atoms with van der Waals surface area (Å²) in [6.07, 6.45) is 9.10. The fourth-order valence-corrected chi connectivity index (χ4v) is 3.93. The second-order valence-electron chi connectivity index (χ2n) is 7.15. The highest BCUT2D eigenvalue weighted by molar-refractivity contribution is 5.76. The highest BCUT2D eigenvalue weighted by atomic mass is 16.3. The first kappa shape index (κ1) is 17.4. The lowest BCUT2D eigenvalue weighted by molar-refractivity contribution is -0.133. The van der Waals surface area contributed by atoms with Crippen molar-refractivity contribution in [1.82, 2.24) is 19.4 Å². The van der Waals surface area contributed by atoms with Gasteiger partial charge in [0.2, 0.25) is 5.91 Å². The Morgan fingerprint density at radius 3 is 2.54 bits per heavy atom. The predicted octanol–water partition coefficient (Wildman–Crippen LogP) is 1.42. The van der Waals surface area contributed by atoms with E-state index in [1.54, 1.807) is 0 Å². The van der Waals surface area contributed by atoms with Gasteiger partial charge in [-0.25, -0.2) is 4.98 Å². The van der Waals surface area contributed by atoms with Crippen LogP contribution in [0.15, 0.2) is 12.4 Å². The van der Waals surface area contributed by atoms with Crippen LogP contribution in [0.3, 0.4) is 0 Å². The molecular weight excluding hydrogens is 304 g/mol. The van der Waals surface area contributed by atoms with Gasteiger partial charge in [-0.1, -0.05) is 0 Å². The van der Waals surface area contributed by atoms with Crippen LogP contribution in [-0.4, -0.2) is 68.7 Å². The van der Waals surface area contributed by atoms with E-state index < -0.39 is 0 Å². The van der Waals surface area contributed by atoms with Crippen LogP contribution in [0.4, 0.5) is 0 Å². The van der Waals surface area contributed by atoms with Crippen LogP contribution in [0.2, 0.25) is 0 Å². The monoisotopic (exact) mass is 334 g/mol. The average molecular weight is 334 g/mol. The second kappa shape index (κ2) is 8.12. The van der Waals surface area contributed by atoms with Crippen molar-refractivity contribution in [1.29, 1.82) is 0 Å². The van der Waals surface area contributed by atoms with Gasteiger partial charge < -0.3 is 19.5 Å². The summed E-state index contributed by atoms with van der Waals surface area (Å²) in [4.78, 5) is 21.1. The van der Waals surface area contributed by atoms with Crippen molar-refractivity contribution in [2.45, 2.75) is 64.1 Å². The molecule has 0 unspecified atom stereocenters. The summed E-state index contributed by atoms with van der Waals surface area (Å²) in [5, 5.41) is 9.62. The summed E-state index contributed by atoms with van der Waals surface area (Å²) in [7, 11) is 0. The average Bonchev–Trinajstić information content (AvgIpc) is 3.01. The van der Waals surface area contributed by atoms with E-state index >= 15 is 0 Å². The number of rotatable bonds is 5. The molecule has 6 heteroatoms. The third-order valence-corrected chi connectivity index (χ3v) is 5.55. The number of amides is 1. The Bertz CT molecular complexity index is 529. The number of carbonyl (C=O) groups excluding carboxylic acids is 1. The molecule has 134 valence electrons. The third-order valence-electron chi connectivity index (χ3n) is 5.55. The van der Waals surface area contributed by atoms with Gasteiger partial charge in [-0.2, -0.15) is 0 Å². The van der Waals surface area contributed by atoms with Crippen LogP contribution in [-0.2, 0) is 11.3 Å². The molecule has 2 aliphatic rings. The largest absolute Gasteiger partial charge is 0.393 e. The molecule has 0 aliphatic carbocycles. The van der Waals surface area contributed by atoms with Gasteiger partial charge in [0.1, 0.15) is 5.82 Å². The second-order valence-corrected chi connectivity index (χ2v) is 7.15. The molecule has 3 rings (SSSR count). The summed E-state index contributed by atoms with van der Waals surface area (Å²) in [6, 6.07) is 0.593. The van der Waals surface area contributed by atoms with Crippen LogP contribution in [0.25, 0.3) is 0 Å². The topological polar surface area (TPSA) is 61.6 Å². The van der Waals surface area contributed by atoms with Crippen molar-refractivity contribution in [2.24, 2.45) is 0 Å². The van der Waals surface area contributed by atoms with Gasteiger partial charge in [-0.05, 0) is 39.0 Å². The zero-order valence-corrected chi connectivity index (χ0v) is 14.7. The number of hydrogen-bond acceptors (Lipinski definition) is 4. The molecule has 1 aromatic heterocycles. The molecule has 1 aromatic rings. The molecule has 2 fully saturated rings. The number of likely N-dealkylation sites (tertiary alicyclic amines) is 2. The number of aliphatic hydroxyl groups excluding tert-OH is 1. The van der Waals surface area contributed by atoms with Crippen LogP contribution in [0.5, 0.6) is 0 Å². The standard InChI is InChI=1S/C18H30N4O2/c1-15-19-8-14-20(15)9-2-3-18(24)22-10-4-16(5-11-22)21-12-6-17(23)7-13-21/h8,14,16-17,23H,2-7,9-13H2,1H3. The van der Waals surface area contributed by atoms with Gasteiger partial charge in [0.15, 0.2) is 0 Å². The highest BCUT2D eigenvalue weighted by Gasteiger charge is 2.28. The van der Waals surface area contributed by atoms with Crippen molar-refractivity contribution in [3.63, 3.8) is 0 Å². The van der Waals surface area contributed by atoms with Crippen LogP contribution >= 0.6 is 0 Å². The maximum absolute atomic E-state index is 12.4. The van der Waals surface area contributed by atoms with Crippen LogP contribution < -0.4 is 0 Å². The van der Waals surface area contributed by atoms with Gasteiger partial charge in [0.25, 0.3) is 0 Å². The first-order chi connectivity index (χ1) is 11.6. The Morgan fingerprint density at radius 2 is 1.92 bits per heavy atom. The van der Waals surface area contributed by atoms with E-state index in [1.165, 1.54) is 0 Å². The fraction of sp³-hybridized carbons (Fsp3) is 0.778. The highest BCUT2D eigenvalue weighted by Crippen LogP contribution is 2.21. The lowest BCUT2D eigenvalue weighted by Crippen LogP contribution is -2.49. The minimum absolute atomic E-state index is 0.109. The molecule has 1 amide bonds. The Labute approximate surface area is 144 Å². The Balaban J connectivity index is 1.36. The van der Waals surface area contributed by atoms with Gasteiger partial charge in [0, 0.05) is 57.6 Å². The smallest absolute Gasteiger partial charge is 0.222 e. The Hall–Kier alpha value is -1.40. The van der Waals surface area contributed by atoms with Crippen molar-refractivity contribution < 1.29 is 9.90 Å². The van der Waals surface area contributed by atoms with Crippen molar-refractivity contribution in [2.75, 3.05) is 26.2 Å². The SMILES string of the molecule is Cc1nccn1CCCC(=O)N1CCC(N2CCC(O)CC2)CC1. The van der Waals surface area contributed by atoms with E-state index in [1.807, 2.05) is 24.2 Å². The Kier molecular flexibility index (Phi) is 5.89. The van der Waals surface area contributed by atoms with E-state index in [0.29, 0.717) is 18.4 Å². The zero-order chi connectivity index (χ0) is 16.9. The minimum atomic E-state index is -0.109. The zero-order valence-electron chi connectivity index (χ0n) is 14.7. The molecular formula is C18H30N4O2. The summed E-state index contributed by atoms with van der Waals surface area (Å²) < 4.78 is 2.10. The van der Waals surface area contributed by atoms with E-state index in [4.69, 9.17) is 0 Å². The number of hydrogen-bond donors (Lipinski definition) is 1. The van der Waals surface area contributed by atoms with Crippen molar-refractivity contribution in [3.8, 4) is 0 Å². The number of imidazole rings is 1. The summed E-state index contributed by atoms with van der Waals surface area (Å²) in [5.41, 5.74) is 0. The summed E-state index contributed by atoms with van der Waals surface area (Å²) >= 11 is 0. The van der Waals surface area contributed by atoms with Crippen LogP contribution in [0, 0.1) is 6.92 Å². The molecule has 0 spiro atoms. The van der Waals surface area contributed by atoms with Crippen LogP contribution in [0.1, 0.15) is 44.3 Å². The quantitative estimate of drug-likeness (QED) is 0.885. The molecule has 0 atom stereocenters. The molecule has 0 bridgehead atoms. The molecule has 6 nitrogen and oxygen atoms in total. The summed E-state index contributed by atoms with van der Waals surface area (Å²) in [5.74, 6) is 1.30. The molecule has 2 aliphatic heterocycles. The van der Waals surface area contributed by atoms with Gasteiger partial charge >= 0.3 is 0 Å². The van der Waals surface area contributed by atoms with E-state index in [-0.39, 0.29) is 6.10 Å². The number of aromatic nitrogens is 2. The molecule has 1 N–H and O–H groups in total. The molecule has 0 aromatic carbocycles. The lowest BCUT2D eigenvalue weighted by atomic mass is 9.98. The molecule has 3 heterocycles. The van der Waals surface area contributed by atoms with Gasteiger partial charge in [0.05, 0.1) is 6.10 Å². The molecule has 24 heavy (non-hydrogen) atoms. The first-order valence-electron chi connectivity index (χ1n) is 9.31. The Morgan fingerprint density at radius 1 is 1.21 bits per heavy atom. The number of piperidine rings is 2. The number of carbonyl (C=O) groups is 1. The van der Waals surface area contributed by atoms with Crippen molar-refractivity contribution >= 4 is 5.91 Å². The first-order valence-corrected chi connectivity index (χ1v) is 9.31. The van der Waals surface area contributed by atoms with Crippen molar-refractivity contribution in [3.05, 3.63) is 18.2 Å². The third kappa shape index (κ3) is 4.36. The van der Waals surface area contributed by atoms with Gasteiger partial charge in [-0.3, -0.25) is 4.79 Å². The molecule has 0 saturated carbocycles. The van der Waals surface area contributed by atoms with E-state index in [0.717, 1.165) is 70.7 Å². The lowest BCUT2D eigenvalue weighted by Gasteiger charge is -2.41. The molecule has 2 saturated heterocycles. The normalized spacial score (nSPS) is 21.3. The fourth-order valence-electron chi connectivity index (χ4n) is 3.93. The number of aryl methyl sites for hydroxylation is 2. The molecule has 0 radical (unpaired) electrons. The van der Waals surface area contributed by atoms with E-state index in [2.05, 4.69) is 14.5 Å². The van der Waals surface area contributed by atoms with Gasteiger partial charge in [-0.15, -0.1) is 0 Å². The predicted molar refractivity (Wildman–Crippen MR) is 92.6 cm³/mol. The number of aliphatic hydroxyl groups is 1. The number of nitrogens with zero attached hydrogens (tertiary/aromatic N) is 4. The maximum Gasteiger partial charge on any atom is 0.222 e. The minimum Gasteiger partial charge on any atom is -0.393 e.